The smallest absolute Gasteiger partial charge is 1.00 e. The average Bonchev–Trinajstić information content (AvgIpc) is 1.58. The van der Waals surface area contributed by atoms with Gasteiger partial charge in [-0.1, -0.05) is 0 Å². The Hall–Kier alpha value is 1.46. The van der Waals surface area contributed by atoms with Gasteiger partial charge in [-0.3, -0.25) is 9.11 Å². The molecule has 0 fully saturated rings. The van der Waals surface area contributed by atoms with E-state index >= 15 is 0 Å². The fourth-order valence-corrected chi connectivity index (χ4v) is 1.20. The minimum Gasteiger partial charge on any atom is -1.00 e. The van der Waals surface area contributed by atoms with E-state index in [1.54, 1.807) is 0 Å². The van der Waals surface area contributed by atoms with Crippen LogP contribution in [0, 0.1) is 0 Å². The summed E-state index contributed by atoms with van der Waals surface area (Å²) in [5, 5.41) is 0. The normalized spacial score (nSPS) is 13.7. The van der Waals surface area contributed by atoms with Crippen LogP contribution in [0.15, 0.2) is 0 Å². The Morgan fingerprint density at radius 3 is 1.17 bits per heavy atom. The molecule has 0 aromatic rings. The molecule has 0 spiro atoms. The molecular weight excluding hydrogens is 235 g/mol. The molecule has 0 aliphatic heterocycles. The van der Waals surface area contributed by atoms with Gasteiger partial charge in [-0.2, -0.15) is 16.8 Å². The molecule has 0 atom stereocenters. The largest absolute Gasteiger partial charge is 1.00 e. The van der Waals surface area contributed by atoms with Crippen LogP contribution in [-0.2, 0) is 20.2 Å². The molecule has 0 aromatic carbocycles. The number of hydrogen-bond acceptors (Lipinski definition) is 4. The molecule has 0 aliphatic carbocycles. The summed E-state index contributed by atoms with van der Waals surface area (Å²) in [7, 11) is -9.60. The van der Waals surface area contributed by atoms with E-state index in [1.165, 1.54) is 0 Å². The second-order valence-corrected chi connectivity index (χ2v) is 6.55. The van der Waals surface area contributed by atoms with Gasteiger partial charge in [0.1, 0.15) is 0 Å². The summed E-state index contributed by atoms with van der Waals surface area (Å²) < 4.78 is 55.3. The van der Waals surface area contributed by atoms with Gasteiger partial charge in [0.25, 0.3) is 20.2 Å². The van der Waals surface area contributed by atoms with E-state index in [9.17, 15) is 16.8 Å². The van der Waals surface area contributed by atoms with Crippen molar-refractivity contribution in [1.29, 1.82) is 0 Å². The Kier molecular flexibility index (Phi) is 5.73. The average molecular weight is 244 g/mol. The molecule has 0 amide bonds. The van der Waals surface area contributed by atoms with Gasteiger partial charge in [0.2, 0.25) is 4.08 Å². The second-order valence-electron chi connectivity index (χ2n) is 2.35. The molecule has 0 saturated heterocycles. The topological polar surface area (TPSA) is 109 Å². The van der Waals surface area contributed by atoms with Gasteiger partial charge in [-0.05, 0) is 13.8 Å². The van der Waals surface area contributed by atoms with Gasteiger partial charge in [-0.25, -0.2) is 0 Å². The third-order valence-electron chi connectivity index (χ3n) is 1.24. The molecular formula is C3H9KO6S2. The van der Waals surface area contributed by atoms with Gasteiger partial charge >= 0.3 is 51.4 Å². The summed E-state index contributed by atoms with van der Waals surface area (Å²) in [6.07, 6.45) is 0. The van der Waals surface area contributed by atoms with E-state index in [0.717, 1.165) is 0 Å². The molecule has 0 aliphatic rings. The zero-order valence-corrected chi connectivity index (χ0v) is 11.6. The van der Waals surface area contributed by atoms with E-state index < -0.39 is 24.3 Å². The predicted molar refractivity (Wildman–Crippen MR) is 38.3 cm³/mol. The maximum atomic E-state index is 10.3. The molecule has 0 saturated carbocycles. The SMILES string of the molecule is CC(C)(S(=O)(=O)O)S(=O)(=O)O.[H-].[K+]. The molecule has 0 rings (SSSR count). The summed E-state index contributed by atoms with van der Waals surface area (Å²) >= 11 is 0. The van der Waals surface area contributed by atoms with Crippen molar-refractivity contribution in [3.8, 4) is 0 Å². The third kappa shape index (κ3) is 3.31. The van der Waals surface area contributed by atoms with Crippen molar-refractivity contribution >= 4 is 20.2 Å². The van der Waals surface area contributed by atoms with Crippen molar-refractivity contribution in [3.63, 3.8) is 0 Å². The van der Waals surface area contributed by atoms with Crippen molar-refractivity contribution < 1.29 is 78.8 Å². The first-order chi connectivity index (χ1) is 4.50. The molecule has 0 heterocycles. The van der Waals surface area contributed by atoms with Gasteiger partial charge in [0, 0.05) is 0 Å². The quantitative estimate of drug-likeness (QED) is 0.387. The van der Waals surface area contributed by atoms with E-state index in [2.05, 4.69) is 0 Å². The van der Waals surface area contributed by atoms with Crippen molar-refractivity contribution in [1.82, 2.24) is 0 Å². The van der Waals surface area contributed by atoms with E-state index in [0.29, 0.717) is 13.8 Å². The van der Waals surface area contributed by atoms with E-state index in [4.69, 9.17) is 9.11 Å². The van der Waals surface area contributed by atoms with Crippen LogP contribution in [0.25, 0.3) is 0 Å². The number of rotatable bonds is 2. The summed E-state index contributed by atoms with van der Waals surface area (Å²) in [4.78, 5) is 0. The number of hydrogen-bond donors (Lipinski definition) is 2. The maximum Gasteiger partial charge on any atom is 1.00 e. The van der Waals surface area contributed by atoms with Crippen LogP contribution in [-0.4, -0.2) is 30.0 Å². The third-order valence-corrected chi connectivity index (χ3v) is 4.99. The van der Waals surface area contributed by atoms with Gasteiger partial charge < -0.3 is 1.43 Å². The van der Waals surface area contributed by atoms with Gasteiger partial charge in [0.15, 0.2) is 0 Å². The van der Waals surface area contributed by atoms with Crippen LogP contribution in [0.4, 0.5) is 0 Å². The molecule has 0 unspecified atom stereocenters. The van der Waals surface area contributed by atoms with E-state index in [-0.39, 0.29) is 52.8 Å². The monoisotopic (exact) mass is 244 g/mol. The molecule has 0 aromatic heterocycles. The van der Waals surface area contributed by atoms with Gasteiger partial charge in [0.05, 0.1) is 0 Å². The van der Waals surface area contributed by atoms with Crippen LogP contribution in [0.1, 0.15) is 15.3 Å². The Morgan fingerprint density at radius 1 is 1.00 bits per heavy atom. The van der Waals surface area contributed by atoms with Crippen LogP contribution in [0.3, 0.4) is 0 Å². The maximum absolute atomic E-state index is 10.3. The first-order valence-electron chi connectivity index (χ1n) is 2.44. The molecule has 9 heteroatoms. The molecule has 6 nitrogen and oxygen atoms in total. The van der Waals surface area contributed by atoms with Crippen LogP contribution >= 0.6 is 0 Å². The minimum absolute atomic E-state index is 0. The summed E-state index contributed by atoms with van der Waals surface area (Å²) in [5.74, 6) is 0. The molecule has 70 valence electrons. The molecule has 2 N–H and O–H groups in total. The Morgan fingerprint density at radius 2 is 1.17 bits per heavy atom. The molecule has 12 heavy (non-hydrogen) atoms. The standard InChI is InChI=1S/C3H8O6S2.K.H/c1-3(2,10(4,5)6)11(7,8)9;;/h1-2H3,(H,4,5,6)(H,7,8,9);;/q;+1;-1. The Balaban J connectivity index is -0.000000500. The van der Waals surface area contributed by atoms with Crippen LogP contribution < -0.4 is 51.4 Å². The van der Waals surface area contributed by atoms with Crippen molar-refractivity contribution in [3.05, 3.63) is 0 Å². The fraction of sp³-hybridized carbons (Fsp3) is 1.00. The Bertz CT molecular complexity index is 308. The minimum atomic E-state index is -4.80. The first kappa shape index (κ1) is 15.9. The summed E-state index contributed by atoms with van der Waals surface area (Å²) in [6.45, 7) is 1.36. The van der Waals surface area contributed by atoms with Crippen LogP contribution in [0.5, 0.6) is 0 Å². The van der Waals surface area contributed by atoms with Crippen molar-refractivity contribution in [2.45, 2.75) is 17.9 Å². The first-order valence-corrected chi connectivity index (χ1v) is 5.32. The zero-order valence-electron chi connectivity index (χ0n) is 7.84. The molecule has 0 radical (unpaired) electrons. The zero-order chi connectivity index (χ0) is 9.50. The second kappa shape index (κ2) is 4.32. The summed E-state index contributed by atoms with van der Waals surface area (Å²) in [6, 6.07) is 0. The van der Waals surface area contributed by atoms with Crippen molar-refractivity contribution in [2.75, 3.05) is 0 Å². The Labute approximate surface area is 115 Å². The van der Waals surface area contributed by atoms with E-state index in [1.807, 2.05) is 0 Å². The molecule has 0 bridgehead atoms. The summed E-state index contributed by atoms with van der Waals surface area (Å²) in [5.41, 5.74) is 0. The van der Waals surface area contributed by atoms with Crippen LogP contribution in [0.2, 0.25) is 0 Å². The van der Waals surface area contributed by atoms with Gasteiger partial charge in [-0.15, -0.1) is 0 Å². The predicted octanol–water partition coefficient (Wildman–Crippen LogP) is -3.39. The fourth-order valence-electron chi connectivity index (χ4n) is 0.133. The van der Waals surface area contributed by atoms with Crippen molar-refractivity contribution in [2.24, 2.45) is 0 Å².